The quantitative estimate of drug-likeness (QED) is 0.926. The first-order valence-corrected chi connectivity index (χ1v) is 8.27. The topological polar surface area (TPSA) is 45.2 Å². The minimum absolute atomic E-state index is 0.164. The molecule has 3 rings (SSSR count). The fourth-order valence-corrected chi connectivity index (χ4v) is 2.82. The molecule has 1 aromatic heterocycles. The van der Waals surface area contributed by atoms with Gasteiger partial charge in [-0.15, -0.1) is 0 Å². The van der Waals surface area contributed by atoms with Gasteiger partial charge in [0.1, 0.15) is 11.5 Å². The highest BCUT2D eigenvalue weighted by atomic mass is 16.1. The molecule has 1 saturated heterocycles. The SMILES string of the molecule is CC(C)c1ccc(NC(=O)c2cccc(N3CCCC3)n2)cc1. The van der Waals surface area contributed by atoms with Gasteiger partial charge in [0.05, 0.1) is 0 Å². The van der Waals surface area contributed by atoms with Crippen molar-refractivity contribution < 1.29 is 4.79 Å². The van der Waals surface area contributed by atoms with Crippen molar-refractivity contribution >= 4 is 17.4 Å². The zero-order valence-corrected chi connectivity index (χ0v) is 13.7. The van der Waals surface area contributed by atoms with Gasteiger partial charge < -0.3 is 10.2 Å². The molecule has 0 radical (unpaired) electrons. The van der Waals surface area contributed by atoms with E-state index in [0.717, 1.165) is 24.6 Å². The fourth-order valence-electron chi connectivity index (χ4n) is 2.82. The standard InChI is InChI=1S/C19H23N3O/c1-14(2)15-8-10-16(11-9-15)20-19(23)17-6-5-7-18(21-17)22-12-3-4-13-22/h5-11,14H,3-4,12-13H2,1-2H3,(H,20,23). The van der Waals surface area contributed by atoms with Gasteiger partial charge >= 0.3 is 0 Å². The molecular formula is C19H23N3O. The summed E-state index contributed by atoms with van der Waals surface area (Å²) in [5, 5.41) is 2.92. The van der Waals surface area contributed by atoms with Crippen molar-refractivity contribution in [3.8, 4) is 0 Å². The van der Waals surface area contributed by atoms with Crippen LogP contribution in [0.2, 0.25) is 0 Å². The van der Waals surface area contributed by atoms with E-state index in [2.05, 4.69) is 29.0 Å². The summed E-state index contributed by atoms with van der Waals surface area (Å²) in [5.41, 5.74) is 2.52. The molecule has 1 fully saturated rings. The van der Waals surface area contributed by atoms with Gasteiger partial charge in [0.15, 0.2) is 0 Å². The first-order valence-electron chi connectivity index (χ1n) is 8.27. The number of carbonyl (C=O) groups is 1. The Kier molecular flexibility index (Phi) is 4.60. The summed E-state index contributed by atoms with van der Waals surface area (Å²) in [6.07, 6.45) is 2.39. The number of anilines is 2. The fraction of sp³-hybridized carbons (Fsp3) is 0.368. The Bertz CT molecular complexity index is 673. The van der Waals surface area contributed by atoms with Gasteiger partial charge in [0, 0.05) is 18.8 Å². The first kappa shape index (κ1) is 15.5. The van der Waals surface area contributed by atoms with E-state index in [1.807, 2.05) is 36.4 Å². The smallest absolute Gasteiger partial charge is 0.274 e. The molecule has 2 heterocycles. The predicted molar refractivity (Wildman–Crippen MR) is 94.2 cm³/mol. The van der Waals surface area contributed by atoms with E-state index in [0.29, 0.717) is 11.6 Å². The van der Waals surface area contributed by atoms with Crippen LogP contribution in [0.4, 0.5) is 11.5 Å². The minimum Gasteiger partial charge on any atom is -0.357 e. The number of benzene rings is 1. The number of aromatic nitrogens is 1. The molecule has 23 heavy (non-hydrogen) atoms. The Balaban J connectivity index is 1.71. The van der Waals surface area contributed by atoms with Crippen LogP contribution in [0.1, 0.15) is 48.7 Å². The number of rotatable bonds is 4. The van der Waals surface area contributed by atoms with E-state index in [9.17, 15) is 4.79 Å². The van der Waals surface area contributed by atoms with Crippen molar-refractivity contribution in [2.45, 2.75) is 32.6 Å². The van der Waals surface area contributed by atoms with Gasteiger partial charge in [0.25, 0.3) is 5.91 Å². The van der Waals surface area contributed by atoms with Crippen molar-refractivity contribution in [3.63, 3.8) is 0 Å². The minimum atomic E-state index is -0.164. The van der Waals surface area contributed by atoms with Gasteiger partial charge in [-0.3, -0.25) is 4.79 Å². The van der Waals surface area contributed by atoms with Crippen molar-refractivity contribution in [2.75, 3.05) is 23.3 Å². The summed E-state index contributed by atoms with van der Waals surface area (Å²) >= 11 is 0. The Morgan fingerprint density at radius 1 is 1.09 bits per heavy atom. The molecule has 0 spiro atoms. The summed E-state index contributed by atoms with van der Waals surface area (Å²) in [6.45, 7) is 6.35. The molecule has 4 heteroatoms. The molecule has 0 aliphatic carbocycles. The molecule has 1 aliphatic heterocycles. The van der Waals surface area contributed by atoms with Crippen molar-refractivity contribution in [1.29, 1.82) is 0 Å². The second kappa shape index (κ2) is 6.82. The third-order valence-electron chi connectivity index (χ3n) is 4.23. The van der Waals surface area contributed by atoms with Crippen LogP contribution in [0.5, 0.6) is 0 Å². The Hall–Kier alpha value is -2.36. The second-order valence-corrected chi connectivity index (χ2v) is 6.31. The molecule has 1 amide bonds. The lowest BCUT2D eigenvalue weighted by molar-refractivity contribution is 0.102. The zero-order chi connectivity index (χ0) is 16.2. The van der Waals surface area contributed by atoms with E-state index >= 15 is 0 Å². The van der Waals surface area contributed by atoms with Crippen LogP contribution in [0.25, 0.3) is 0 Å². The zero-order valence-electron chi connectivity index (χ0n) is 13.7. The number of hydrogen-bond acceptors (Lipinski definition) is 3. The number of nitrogens with one attached hydrogen (secondary N) is 1. The second-order valence-electron chi connectivity index (χ2n) is 6.31. The molecule has 1 N–H and O–H groups in total. The third kappa shape index (κ3) is 3.70. The van der Waals surface area contributed by atoms with E-state index < -0.39 is 0 Å². The van der Waals surface area contributed by atoms with Gasteiger partial charge in [0.2, 0.25) is 0 Å². The average molecular weight is 309 g/mol. The Labute approximate surface area is 137 Å². The van der Waals surface area contributed by atoms with Crippen LogP contribution in [-0.4, -0.2) is 24.0 Å². The lowest BCUT2D eigenvalue weighted by Gasteiger charge is -2.16. The molecule has 2 aromatic rings. The lowest BCUT2D eigenvalue weighted by atomic mass is 10.0. The monoisotopic (exact) mass is 309 g/mol. The van der Waals surface area contributed by atoms with Crippen LogP contribution in [-0.2, 0) is 0 Å². The average Bonchev–Trinajstić information content (AvgIpc) is 3.10. The molecule has 0 saturated carbocycles. The Morgan fingerprint density at radius 3 is 2.43 bits per heavy atom. The Morgan fingerprint density at radius 2 is 1.78 bits per heavy atom. The van der Waals surface area contributed by atoms with Crippen molar-refractivity contribution in [3.05, 3.63) is 53.7 Å². The van der Waals surface area contributed by atoms with Crippen LogP contribution < -0.4 is 10.2 Å². The highest BCUT2D eigenvalue weighted by molar-refractivity contribution is 6.03. The van der Waals surface area contributed by atoms with Crippen LogP contribution in [0, 0.1) is 0 Å². The normalized spacial score (nSPS) is 14.3. The van der Waals surface area contributed by atoms with Gasteiger partial charge in [-0.2, -0.15) is 0 Å². The number of carbonyl (C=O) groups excluding carboxylic acids is 1. The number of hydrogen-bond donors (Lipinski definition) is 1. The first-order chi connectivity index (χ1) is 11.1. The molecule has 0 bridgehead atoms. The summed E-state index contributed by atoms with van der Waals surface area (Å²) in [7, 11) is 0. The summed E-state index contributed by atoms with van der Waals surface area (Å²) in [4.78, 5) is 19.1. The number of amides is 1. The molecule has 4 nitrogen and oxygen atoms in total. The van der Waals surface area contributed by atoms with Crippen LogP contribution >= 0.6 is 0 Å². The maximum Gasteiger partial charge on any atom is 0.274 e. The van der Waals surface area contributed by atoms with Crippen molar-refractivity contribution in [1.82, 2.24) is 4.98 Å². The summed E-state index contributed by atoms with van der Waals surface area (Å²) in [6, 6.07) is 13.6. The summed E-state index contributed by atoms with van der Waals surface area (Å²) in [5.74, 6) is 1.22. The molecular weight excluding hydrogens is 286 g/mol. The highest BCUT2D eigenvalue weighted by Gasteiger charge is 2.15. The maximum absolute atomic E-state index is 12.4. The highest BCUT2D eigenvalue weighted by Crippen LogP contribution is 2.19. The molecule has 1 aromatic carbocycles. The number of nitrogens with zero attached hydrogens (tertiary/aromatic N) is 2. The van der Waals surface area contributed by atoms with Crippen LogP contribution in [0.3, 0.4) is 0 Å². The van der Waals surface area contributed by atoms with E-state index in [-0.39, 0.29) is 5.91 Å². The van der Waals surface area contributed by atoms with E-state index in [1.165, 1.54) is 18.4 Å². The molecule has 0 unspecified atom stereocenters. The number of pyridine rings is 1. The van der Waals surface area contributed by atoms with Gasteiger partial charge in [-0.25, -0.2) is 4.98 Å². The molecule has 1 aliphatic rings. The van der Waals surface area contributed by atoms with Gasteiger partial charge in [-0.1, -0.05) is 32.0 Å². The van der Waals surface area contributed by atoms with Gasteiger partial charge in [-0.05, 0) is 48.6 Å². The van der Waals surface area contributed by atoms with Crippen molar-refractivity contribution in [2.24, 2.45) is 0 Å². The van der Waals surface area contributed by atoms with E-state index in [4.69, 9.17) is 0 Å². The lowest BCUT2D eigenvalue weighted by Crippen LogP contribution is -2.21. The maximum atomic E-state index is 12.4. The summed E-state index contributed by atoms with van der Waals surface area (Å²) < 4.78 is 0. The largest absolute Gasteiger partial charge is 0.357 e. The predicted octanol–water partition coefficient (Wildman–Crippen LogP) is 4.06. The van der Waals surface area contributed by atoms with E-state index in [1.54, 1.807) is 6.07 Å². The molecule has 120 valence electrons. The third-order valence-corrected chi connectivity index (χ3v) is 4.23. The molecule has 0 atom stereocenters. The van der Waals surface area contributed by atoms with Crippen LogP contribution in [0.15, 0.2) is 42.5 Å².